The van der Waals surface area contributed by atoms with Crippen molar-refractivity contribution in [3.63, 3.8) is 0 Å². The minimum absolute atomic E-state index is 0.0358. The van der Waals surface area contributed by atoms with E-state index in [2.05, 4.69) is 0 Å². The van der Waals surface area contributed by atoms with Crippen LogP contribution in [-0.4, -0.2) is 13.7 Å². The molecular weight excluding hydrogens is 306 g/mol. The molecule has 0 amide bonds. The largest absolute Gasteiger partial charge is 0.323 e. The summed E-state index contributed by atoms with van der Waals surface area (Å²) >= 11 is 5.81. The van der Waals surface area contributed by atoms with Crippen molar-refractivity contribution in [2.24, 2.45) is 5.73 Å². The molecule has 0 bridgehead atoms. The number of rotatable bonds is 5. The molecule has 2 rings (SSSR count). The number of nitrogens with two attached hydrogens (primary N) is 1. The molecule has 2 aromatic carbocycles. The highest BCUT2D eigenvalue weighted by atomic mass is 35.5. The van der Waals surface area contributed by atoms with E-state index in [1.54, 1.807) is 31.2 Å². The Labute approximate surface area is 130 Å². The Bertz CT molecular complexity index is 684. The Kier molecular flexibility index (Phi) is 5.04. The first-order valence-corrected chi connectivity index (χ1v) is 8.76. The maximum Gasteiger partial charge on any atom is 0.158 e. The summed E-state index contributed by atoms with van der Waals surface area (Å²) in [6.45, 7) is 1.66. The van der Waals surface area contributed by atoms with Crippen molar-refractivity contribution in [3.05, 3.63) is 70.7 Å². The van der Waals surface area contributed by atoms with Gasteiger partial charge in [0.1, 0.15) is 0 Å². The Morgan fingerprint density at radius 3 is 2.19 bits per heavy atom. The fourth-order valence-corrected chi connectivity index (χ4v) is 3.76. The van der Waals surface area contributed by atoms with Crippen LogP contribution in [0.15, 0.2) is 54.6 Å². The van der Waals surface area contributed by atoms with E-state index in [1.807, 2.05) is 30.3 Å². The number of benzene rings is 2. The summed E-state index contributed by atoms with van der Waals surface area (Å²) in [5.41, 5.74) is 7.64. The summed E-state index contributed by atoms with van der Waals surface area (Å²) in [5, 5.41) is -0.0687. The van der Waals surface area contributed by atoms with Gasteiger partial charge in [0.25, 0.3) is 0 Å². The van der Waals surface area contributed by atoms with Crippen molar-refractivity contribution in [2.45, 2.75) is 24.0 Å². The highest BCUT2D eigenvalue weighted by molar-refractivity contribution is 7.91. The second-order valence-electron chi connectivity index (χ2n) is 5.08. The van der Waals surface area contributed by atoms with Gasteiger partial charge in [-0.15, -0.1) is 0 Å². The Morgan fingerprint density at radius 1 is 1.05 bits per heavy atom. The predicted octanol–water partition coefficient (Wildman–Crippen LogP) is 3.34. The van der Waals surface area contributed by atoms with Crippen LogP contribution in [0.3, 0.4) is 0 Å². The van der Waals surface area contributed by atoms with Gasteiger partial charge in [0.05, 0.1) is 11.0 Å². The summed E-state index contributed by atoms with van der Waals surface area (Å²) in [7, 11) is -3.34. The van der Waals surface area contributed by atoms with Gasteiger partial charge in [-0.3, -0.25) is 0 Å². The maximum atomic E-state index is 12.5. The quantitative estimate of drug-likeness (QED) is 0.918. The van der Waals surface area contributed by atoms with Crippen molar-refractivity contribution in [2.75, 3.05) is 0 Å². The number of sulfone groups is 1. The van der Waals surface area contributed by atoms with Gasteiger partial charge in [0.2, 0.25) is 0 Å². The van der Waals surface area contributed by atoms with Crippen LogP contribution in [0.2, 0.25) is 5.02 Å². The average molecular weight is 324 g/mol. The van der Waals surface area contributed by atoms with Crippen LogP contribution in [-0.2, 0) is 15.6 Å². The van der Waals surface area contributed by atoms with E-state index in [0.717, 1.165) is 5.56 Å². The lowest BCUT2D eigenvalue weighted by atomic mass is 10.1. The molecule has 0 aliphatic carbocycles. The van der Waals surface area contributed by atoms with E-state index in [4.69, 9.17) is 17.3 Å². The first-order chi connectivity index (χ1) is 9.90. The first kappa shape index (κ1) is 16.0. The molecule has 112 valence electrons. The van der Waals surface area contributed by atoms with E-state index in [0.29, 0.717) is 10.6 Å². The molecule has 2 atom stereocenters. The van der Waals surface area contributed by atoms with Gasteiger partial charge < -0.3 is 5.73 Å². The molecule has 2 N–H and O–H groups in total. The zero-order valence-electron chi connectivity index (χ0n) is 11.7. The van der Waals surface area contributed by atoms with Crippen LogP contribution in [0.1, 0.15) is 24.1 Å². The molecule has 0 spiro atoms. The van der Waals surface area contributed by atoms with Gasteiger partial charge in [-0.05, 0) is 30.2 Å². The smallest absolute Gasteiger partial charge is 0.158 e. The fraction of sp³-hybridized carbons (Fsp3) is 0.250. The molecular formula is C16H18ClNO2S. The molecule has 2 unspecified atom stereocenters. The molecule has 2 aromatic rings. The number of hydrogen-bond donors (Lipinski definition) is 1. The molecule has 0 aliphatic rings. The summed E-state index contributed by atoms with van der Waals surface area (Å²) in [6, 6.07) is 15.6. The minimum atomic E-state index is -3.34. The van der Waals surface area contributed by atoms with Gasteiger partial charge >= 0.3 is 0 Å². The number of hydrogen-bond acceptors (Lipinski definition) is 3. The molecule has 0 fully saturated rings. The summed E-state index contributed by atoms with van der Waals surface area (Å²) in [5.74, 6) is -0.0358. The maximum absolute atomic E-state index is 12.5. The van der Waals surface area contributed by atoms with Crippen LogP contribution in [0.4, 0.5) is 0 Å². The third-order valence-electron chi connectivity index (χ3n) is 3.54. The van der Waals surface area contributed by atoms with Crippen molar-refractivity contribution < 1.29 is 8.42 Å². The van der Waals surface area contributed by atoms with Crippen LogP contribution in [0.5, 0.6) is 0 Å². The van der Waals surface area contributed by atoms with Gasteiger partial charge in [-0.2, -0.15) is 0 Å². The van der Waals surface area contributed by atoms with E-state index < -0.39 is 21.1 Å². The molecule has 0 aliphatic heterocycles. The van der Waals surface area contributed by atoms with Gasteiger partial charge in [0.15, 0.2) is 9.84 Å². The van der Waals surface area contributed by atoms with Gasteiger partial charge in [-0.25, -0.2) is 8.42 Å². The van der Waals surface area contributed by atoms with Crippen LogP contribution in [0, 0.1) is 0 Å². The Balaban J connectivity index is 2.17. The fourth-order valence-electron chi connectivity index (χ4n) is 2.11. The molecule has 3 nitrogen and oxygen atoms in total. The molecule has 0 aromatic heterocycles. The van der Waals surface area contributed by atoms with Crippen molar-refractivity contribution in [1.82, 2.24) is 0 Å². The zero-order chi connectivity index (χ0) is 15.5. The molecule has 0 radical (unpaired) electrons. The van der Waals surface area contributed by atoms with Crippen LogP contribution < -0.4 is 5.73 Å². The third kappa shape index (κ3) is 4.06. The van der Waals surface area contributed by atoms with E-state index in [-0.39, 0.29) is 5.75 Å². The summed E-state index contributed by atoms with van der Waals surface area (Å²) in [4.78, 5) is 0. The molecule has 21 heavy (non-hydrogen) atoms. The minimum Gasteiger partial charge on any atom is -0.323 e. The molecule has 0 saturated carbocycles. The monoisotopic (exact) mass is 323 g/mol. The lowest BCUT2D eigenvalue weighted by molar-refractivity contribution is 0.564. The highest BCUT2D eigenvalue weighted by Crippen LogP contribution is 2.23. The van der Waals surface area contributed by atoms with Crippen molar-refractivity contribution in [1.29, 1.82) is 0 Å². The summed E-state index contributed by atoms with van der Waals surface area (Å²) < 4.78 is 25.0. The third-order valence-corrected chi connectivity index (χ3v) is 5.95. The molecule has 0 heterocycles. The SMILES string of the molecule is CC(C(N)c1ccccc1)S(=O)(=O)Cc1ccc(Cl)cc1. The second kappa shape index (κ2) is 6.60. The molecule has 5 heteroatoms. The van der Waals surface area contributed by atoms with Gasteiger partial charge in [-0.1, -0.05) is 54.1 Å². The first-order valence-electron chi connectivity index (χ1n) is 6.66. The normalized spacial score (nSPS) is 14.6. The highest BCUT2D eigenvalue weighted by Gasteiger charge is 2.28. The Hall–Kier alpha value is -1.36. The predicted molar refractivity (Wildman–Crippen MR) is 86.9 cm³/mol. The van der Waals surface area contributed by atoms with E-state index >= 15 is 0 Å². The standard InChI is InChI=1S/C16H18ClNO2S/c1-12(16(18)14-5-3-2-4-6-14)21(19,20)11-13-7-9-15(17)10-8-13/h2-10,12,16H,11,18H2,1H3. The zero-order valence-corrected chi connectivity index (χ0v) is 13.3. The lowest BCUT2D eigenvalue weighted by Crippen LogP contribution is -2.32. The van der Waals surface area contributed by atoms with Crippen molar-refractivity contribution in [3.8, 4) is 0 Å². The van der Waals surface area contributed by atoms with E-state index in [9.17, 15) is 8.42 Å². The van der Waals surface area contributed by atoms with Crippen LogP contribution in [0.25, 0.3) is 0 Å². The summed E-state index contributed by atoms with van der Waals surface area (Å²) in [6.07, 6.45) is 0. The second-order valence-corrected chi connectivity index (χ2v) is 7.87. The van der Waals surface area contributed by atoms with Crippen LogP contribution >= 0.6 is 11.6 Å². The average Bonchev–Trinajstić information content (AvgIpc) is 2.49. The number of halogens is 1. The van der Waals surface area contributed by atoms with Gasteiger partial charge in [0, 0.05) is 11.1 Å². The molecule has 0 saturated heterocycles. The van der Waals surface area contributed by atoms with Crippen molar-refractivity contribution >= 4 is 21.4 Å². The lowest BCUT2D eigenvalue weighted by Gasteiger charge is -2.20. The topological polar surface area (TPSA) is 60.2 Å². The van der Waals surface area contributed by atoms with E-state index in [1.165, 1.54) is 0 Å². The Morgan fingerprint density at radius 2 is 1.62 bits per heavy atom.